The van der Waals surface area contributed by atoms with Gasteiger partial charge in [-0.05, 0) is 37.8 Å². The summed E-state index contributed by atoms with van der Waals surface area (Å²) < 4.78 is 5.29. The molecule has 0 spiro atoms. The summed E-state index contributed by atoms with van der Waals surface area (Å²) in [6, 6.07) is 3.61. The summed E-state index contributed by atoms with van der Waals surface area (Å²) in [5.74, 6) is 0.0176. The molecule has 6 nitrogen and oxygen atoms in total. The Bertz CT molecular complexity index is 472. The molecule has 0 aliphatic carbocycles. The zero-order valence-electron chi connectivity index (χ0n) is 12.3. The Morgan fingerprint density at radius 3 is 2.95 bits per heavy atom. The quantitative estimate of drug-likeness (QED) is 0.905. The molecule has 21 heavy (non-hydrogen) atoms. The fourth-order valence-electron chi connectivity index (χ4n) is 2.76. The lowest BCUT2D eigenvalue weighted by atomic mass is 9.95. The number of carbonyl (C=O) groups is 2. The Morgan fingerprint density at radius 2 is 2.33 bits per heavy atom. The number of carboxylic acid groups (broad SMARTS) is 1. The summed E-state index contributed by atoms with van der Waals surface area (Å²) in [5, 5.41) is 8.89. The van der Waals surface area contributed by atoms with Crippen LogP contribution in [0.1, 0.15) is 31.9 Å². The summed E-state index contributed by atoms with van der Waals surface area (Å²) in [4.78, 5) is 26.9. The number of amides is 2. The third-order valence-corrected chi connectivity index (χ3v) is 3.83. The monoisotopic (exact) mass is 294 g/mol. The second-order valence-electron chi connectivity index (χ2n) is 5.43. The van der Waals surface area contributed by atoms with Crippen LogP contribution in [-0.2, 0) is 11.3 Å². The summed E-state index contributed by atoms with van der Waals surface area (Å²) in [6.45, 7) is 4.20. The highest BCUT2D eigenvalue weighted by molar-refractivity contribution is 5.74. The van der Waals surface area contributed by atoms with Gasteiger partial charge in [0, 0.05) is 26.1 Å². The third kappa shape index (κ3) is 4.24. The smallest absolute Gasteiger partial charge is 0.320 e. The first-order valence-electron chi connectivity index (χ1n) is 7.38. The molecule has 0 bridgehead atoms. The molecule has 116 valence electrons. The molecule has 1 saturated heterocycles. The number of hydrogen-bond acceptors (Lipinski definition) is 3. The Balaban J connectivity index is 1.94. The summed E-state index contributed by atoms with van der Waals surface area (Å²) in [6.07, 6.45) is 3.47. The first kappa shape index (κ1) is 15.4. The number of urea groups is 1. The molecule has 1 aliphatic rings. The molecule has 0 radical (unpaired) electrons. The number of furan rings is 1. The number of piperidine rings is 1. The molecule has 1 aliphatic heterocycles. The molecule has 2 amide bonds. The van der Waals surface area contributed by atoms with Crippen molar-refractivity contribution in [3.05, 3.63) is 24.2 Å². The fraction of sp³-hybridized carbons (Fsp3) is 0.600. The minimum Gasteiger partial charge on any atom is -0.481 e. The molecule has 2 heterocycles. The van der Waals surface area contributed by atoms with E-state index in [9.17, 15) is 9.59 Å². The molecule has 1 unspecified atom stereocenters. The largest absolute Gasteiger partial charge is 0.481 e. The van der Waals surface area contributed by atoms with Crippen LogP contribution in [0.3, 0.4) is 0 Å². The third-order valence-electron chi connectivity index (χ3n) is 3.83. The molecular formula is C15H22N2O4. The molecule has 1 aromatic rings. The van der Waals surface area contributed by atoms with E-state index in [2.05, 4.69) is 0 Å². The van der Waals surface area contributed by atoms with Gasteiger partial charge in [-0.1, -0.05) is 0 Å². The Kier molecular flexibility index (Phi) is 5.25. The summed E-state index contributed by atoms with van der Waals surface area (Å²) in [5.41, 5.74) is 0. The number of rotatable bonds is 5. The lowest BCUT2D eigenvalue weighted by Gasteiger charge is -2.35. The minimum atomic E-state index is -0.794. The molecule has 0 aromatic carbocycles. The predicted molar refractivity (Wildman–Crippen MR) is 76.7 cm³/mol. The molecule has 2 rings (SSSR count). The maximum Gasteiger partial charge on any atom is 0.320 e. The van der Waals surface area contributed by atoms with Gasteiger partial charge in [0.25, 0.3) is 0 Å². The minimum absolute atomic E-state index is 0.0380. The maximum absolute atomic E-state index is 12.5. The number of carbonyl (C=O) groups excluding carboxylic acids is 1. The van der Waals surface area contributed by atoms with Gasteiger partial charge in [0.1, 0.15) is 5.76 Å². The van der Waals surface area contributed by atoms with Gasteiger partial charge in [-0.25, -0.2) is 4.79 Å². The van der Waals surface area contributed by atoms with E-state index in [0.29, 0.717) is 26.2 Å². The lowest BCUT2D eigenvalue weighted by Crippen LogP contribution is -2.47. The van der Waals surface area contributed by atoms with Crippen LogP contribution in [0.4, 0.5) is 4.79 Å². The van der Waals surface area contributed by atoms with Gasteiger partial charge in [0.15, 0.2) is 0 Å². The number of likely N-dealkylation sites (tertiary alicyclic amines) is 1. The van der Waals surface area contributed by atoms with Crippen LogP contribution in [0.2, 0.25) is 0 Å². The van der Waals surface area contributed by atoms with Crippen molar-refractivity contribution in [2.75, 3.05) is 19.6 Å². The van der Waals surface area contributed by atoms with Crippen molar-refractivity contribution in [3.8, 4) is 0 Å². The number of nitrogens with zero attached hydrogens (tertiary/aromatic N) is 2. The van der Waals surface area contributed by atoms with Crippen LogP contribution in [0.5, 0.6) is 0 Å². The van der Waals surface area contributed by atoms with Gasteiger partial charge in [-0.2, -0.15) is 0 Å². The van der Waals surface area contributed by atoms with E-state index < -0.39 is 5.97 Å². The molecule has 1 N–H and O–H groups in total. The van der Waals surface area contributed by atoms with Crippen LogP contribution in [0.25, 0.3) is 0 Å². The summed E-state index contributed by atoms with van der Waals surface area (Å²) in [7, 11) is 0. The van der Waals surface area contributed by atoms with E-state index in [1.54, 1.807) is 22.1 Å². The average molecular weight is 294 g/mol. The Hall–Kier alpha value is -1.98. The predicted octanol–water partition coefficient (Wildman–Crippen LogP) is 2.41. The zero-order valence-corrected chi connectivity index (χ0v) is 12.3. The van der Waals surface area contributed by atoms with E-state index in [-0.39, 0.29) is 18.4 Å². The molecule has 6 heteroatoms. The van der Waals surface area contributed by atoms with Crippen molar-refractivity contribution >= 4 is 12.0 Å². The van der Waals surface area contributed by atoms with Crippen LogP contribution >= 0.6 is 0 Å². The van der Waals surface area contributed by atoms with Gasteiger partial charge >= 0.3 is 12.0 Å². The van der Waals surface area contributed by atoms with Crippen molar-refractivity contribution in [1.82, 2.24) is 9.80 Å². The SMILES string of the molecule is CCN(Cc1ccco1)C(=O)N1CCCC(CC(=O)O)C1. The highest BCUT2D eigenvalue weighted by Gasteiger charge is 2.28. The Labute approximate surface area is 124 Å². The van der Waals surface area contributed by atoms with E-state index >= 15 is 0 Å². The summed E-state index contributed by atoms with van der Waals surface area (Å²) >= 11 is 0. The number of carboxylic acids is 1. The van der Waals surface area contributed by atoms with E-state index in [4.69, 9.17) is 9.52 Å². The highest BCUT2D eigenvalue weighted by Crippen LogP contribution is 2.21. The van der Waals surface area contributed by atoms with Crippen molar-refractivity contribution in [2.24, 2.45) is 5.92 Å². The fourth-order valence-corrected chi connectivity index (χ4v) is 2.76. The topological polar surface area (TPSA) is 74.0 Å². The number of aliphatic carboxylic acids is 1. The van der Waals surface area contributed by atoms with Gasteiger partial charge < -0.3 is 19.3 Å². The second-order valence-corrected chi connectivity index (χ2v) is 5.43. The maximum atomic E-state index is 12.5. The highest BCUT2D eigenvalue weighted by atomic mass is 16.4. The normalized spacial score (nSPS) is 18.5. The van der Waals surface area contributed by atoms with Gasteiger partial charge in [0.2, 0.25) is 0 Å². The molecular weight excluding hydrogens is 272 g/mol. The van der Waals surface area contributed by atoms with E-state index in [1.165, 1.54) is 0 Å². The molecule has 1 atom stereocenters. The number of hydrogen-bond donors (Lipinski definition) is 1. The zero-order chi connectivity index (χ0) is 15.2. The van der Waals surface area contributed by atoms with E-state index in [1.807, 2.05) is 13.0 Å². The van der Waals surface area contributed by atoms with Gasteiger partial charge in [0.05, 0.1) is 12.8 Å². The first-order chi connectivity index (χ1) is 10.1. The van der Waals surface area contributed by atoms with Crippen molar-refractivity contribution < 1.29 is 19.1 Å². The van der Waals surface area contributed by atoms with Gasteiger partial charge in [-0.15, -0.1) is 0 Å². The van der Waals surface area contributed by atoms with Crippen LogP contribution in [0, 0.1) is 5.92 Å². The van der Waals surface area contributed by atoms with Crippen molar-refractivity contribution in [3.63, 3.8) is 0 Å². The van der Waals surface area contributed by atoms with Crippen molar-refractivity contribution in [1.29, 1.82) is 0 Å². The molecule has 1 aromatic heterocycles. The lowest BCUT2D eigenvalue weighted by molar-refractivity contribution is -0.138. The second kappa shape index (κ2) is 7.15. The standard InChI is InChI=1S/C15H22N2O4/c1-2-16(11-13-6-4-8-21-13)15(20)17-7-3-5-12(10-17)9-14(18)19/h4,6,8,12H,2-3,5,7,9-11H2,1H3,(H,18,19). The molecule has 0 saturated carbocycles. The molecule has 1 fully saturated rings. The van der Waals surface area contributed by atoms with Gasteiger partial charge in [-0.3, -0.25) is 4.79 Å². The van der Waals surface area contributed by atoms with Crippen LogP contribution < -0.4 is 0 Å². The Morgan fingerprint density at radius 1 is 1.52 bits per heavy atom. The average Bonchev–Trinajstić information content (AvgIpc) is 2.96. The first-order valence-corrected chi connectivity index (χ1v) is 7.38. The van der Waals surface area contributed by atoms with E-state index in [0.717, 1.165) is 18.6 Å². The van der Waals surface area contributed by atoms with Crippen molar-refractivity contribution in [2.45, 2.75) is 32.7 Å². The van der Waals surface area contributed by atoms with Crippen LogP contribution in [-0.4, -0.2) is 46.5 Å². The van der Waals surface area contributed by atoms with Crippen LogP contribution in [0.15, 0.2) is 22.8 Å².